The molecule has 19 heavy (non-hydrogen) atoms. The number of benzene rings is 1. The highest BCUT2D eigenvalue weighted by molar-refractivity contribution is 7.18. The summed E-state index contributed by atoms with van der Waals surface area (Å²) in [4.78, 5) is 12.2. The molecule has 0 atom stereocenters. The van der Waals surface area contributed by atoms with Crippen LogP contribution in [-0.4, -0.2) is 18.2 Å². The molecule has 0 aliphatic rings. The second-order valence-corrected chi connectivity index (χ2v) is 5.31. The predicted molar refractivity (Wildman–Crippen MR) is 77.2 cm³/mol. The topological polar surface area (TPSA) is 72.5 Å². The SMILES string of the molecule is COc1cc(-c2sc(C(=O)O)c(N)c2C)ccc1C. The fourth-order valence-corrected chi connectivity index (χ4v) is 2.98. The number of aryl methyl sites for hydroxylation is 1. The van der Waals surface area contributed by atoms with Crippen molar-refractivity contribution in [3.8, 4) is 16.2 Å². The van der Waals surface area contributed by atoms with Crippen LogP contribution in [0.1, 0.15) is 20.8 Å². The maximum atomic E-state index is 11.1. The van der Waals surface area contributed by atoms with Crippen LogP contribution in [0.15, 0.2) is 18.2 Å². The molecule has 0 radical (unpaired) electrons. The molecule has 0 saturated heterocycles. The summed E-state index contributed by atoms with van der Waals surface area (Å²) < 4.78 is 5.29. The first-order chi connectivity index (χ1) is 8.95. The number of ether oxygens (including phenoxy) is 1. The van der Waals surface area contributed by atoms with E-state index in [1.807, 2.05) is 32.0 Å². The molecule has 0 spiro atoms. The summed E-state index contributed by atoms with van der Waals surface area (Å²) in [6.07, 6.45) is 0. The first-order valence-electron chi connectivity index (χ1n) is 5.73. The molecule has 3 N–H and O–H groups in total. The second kappa shape index (κ2) is 4.93. The molecule has 1 aromatic heterocycles. The van der Waals surface area contributed by atoms with Gasteiger partial charge in [0.05, 0.1) is 12.8 Å². The molecule has 2 rings (SSSR count). The molecule has 0 saturated carbocycles. The van der Waals surface area contributed by atoms with Crippen LogP contribution >= 0.6 is 11.3 Å². The second-order valence-electron chi connectivity index (χ2n) is 4.29. The summed E-state index contributed by atoms with van der Waals surface area (Å²) in [7, 11) is 1.62. The van der Waals surface area contributed by atoms with E-state index in [2.05, 4.69) is 0 Å². The highest BCUT2D eigenvalue weighted by Crippen LogP contribution is 2.39. The molecule has 5 heteroatoms. The first kappa shape index (κ1) is 13.4. The minimum absolute atomic E-state index is 0.187. The Labute approximate surface area is 115 Å². The van der Waals surface area contributed by atoms with Gasteiger partial charge in [-0.05, 0) is 36.6 Å². The molecule has 2 aromatic rings. The van der Waals surface area contributed by atoms with Gasteiger partial charge >= 0.3 is 5.97 Å². The van der Waals surface area contributed by atoms with Crippen LogP contribution in [-0.2, 0) is 0 Å². The van der Waals surface area contributed by atoms with E-state index in [4.69, 9.17) is 15.6 Å². The summed E-state index contributed by atoms with van der Waals surface area (Å²) in [5.74, 6) is -0.211. The third-order valence-electron chi connectivity index (χ3n) is 3.06. The fraction of sp³-hybridized carbons (Fsp3) is 0.214. The normalized spacial score (nSPS) is 10.5. The molecular weight excluding hydrogens is 262 g/mol. The van der Waals surface area contributed by atoms with Crippen LogP contribution in [0.2, 0.25) is 0 Å². The fourth-order valence-electron chi connectivity index (χ4n) is 1.92. The zero-order valence-electron chi connectivity index (χ0n) is 11.0. The molecule has 0 unspecified atom stereocenters. The van der Waals surface area contributed by atoms with Crippen molar-refractivity contribution in [1.82, 2.24) is 0 Å². The molecule has 1 aromatic carbocycles. The Morgan fingerprint density at radius 2 is 2.05 bits per heavy atom. The van der Waals surface area contributed by atoms with E-state index in [1.165, 1.54) is 11.3 Å². The number of thiophene rings is 1. The van der Waals surface area contributed by atoms with Crippen molar-refractivity contribution in [2.24, 2.45) is 0 Å². The number of carbonyl (C=O) groups is 1. The number of nitrogens with two attached hydrogens (primary N) is 1. The lowest BCUT2D eigenvalue weighted by molar-refractivity contribution is 0.0703. The summed E-state index contributed by atoms with van der Waals surface area (Å²) >= 11 is 1.19. The van der Waals surface area contributed by atoms with Crippen molar-refractivity contribution in [1.29, 1.82) is 0 Å². The zero-order valence-corrected chi connectivity index (χ0v) is 11.8. The average Bonchev–Trinajstić information content (AvgIpc) is 2.67. The van der Waals surface area contributed by atoms with Gasteiger partial charge in [-0.1, -0.05) is 12.1 Å². The largest absolute Gasteiger partial charge is 0.496 e. The Kier molecular flexibility index (Phi) is 3.48. The summed E-state index contributed by atoms with van der Waals surface area (Å²) in [6.45, 7) is 3.79. The molecule has 0 aliphatic carbocycles. The highest BCUT2D eigenvalue weighted by atomic mass is 32.1. The van der Waals surface area contributed by atoms with Gasteiger partial charge in [0.1, 0.15) is 10.6 Å². The van der Waals surface area contributed by atoms with E-state index in [9.17, 15) is 4.79 Å². The van der Waals surface area contributed by atoms with Crippen LogP contribution in [0.4, 0.5) is 5.69 Å². The number of hydrogen-bond acceptors (Lipinski definition) is 4. The van der Waals surface area contributed by atoms with E-state index < -0.39 is 5.97 Å². The molecule has 1 heterocycles. The number of carboxylic acid groups (broad SMARTS) is 1. The quantitative estimate of drug-likeness (QED) is 0.902. The van der Waals surface area contributed by atoms with Gasteiger partial charge in [0.25, 0.3) is 0 Å². The van der Waals surface area contributed by atoms with Crippen LogP contribution < -0.4 is 10.5 Å². The number of aromatic carboxylic acids is 1. The number of hydrogen-bond donors (Lipinski definition) is 2. The Hall–Kier alpha value is -2.01. The van der Waals surface area contributed by atoms with Crippen molar-refractivity contribution in [3.63, 3.8) is 0 Å². The summed E-state index contributed by atoms with van der Waals surface area (Å²) in [6, 6.07) is 5.80. The van der Waals surface area contributed by atoms with Crippen molar-refractivity contribution < 1.29 is 14.6 Å². The Bertz CT molecular complexity index is 646. The molecule has 0 fully saturated rings. The monoisotopic (exact) mass is 277 g/mol. The Morgan fingerprint density at radius 1 is 1.37 bits per heavy atom. The van der Waals surface area contributed by atoms with Gasteiger partial charge in [-0.15, -0.1) is 11.3 Å². The van der Waals surface area contributed by atoms with Crippen molar-refractivity contribution in [3.05, 3.63) is 34.2 Å². The standard InChI is InChI=1S/C14H15NO3S/c1-7-4-5-9(6-10(7)18-3)12-8(2)11(15)13(19-12)14(16)17/h4-6H,15H2,1-3H3,(H,16,17). The third kappa shape index (κ3) is 2.29. The summed E-state index contributed by atoms with van der Waals surface area (Å²) in [5.41, 5.74) is 8.93. The van der Waals surface area contributed by atoms with Gasteiger partial charge in [-0.3, -0.25) is 0 Å². The lowest BCUT2D eigenvalue weighted by Gasteiger charge is -2.07. The minimum atomic E-state index is -0.990. The molecular formula is C14H15NO3S. The van der Waals surface area contributed by atoms with E-state index >= 15 is 0 Å². The molecule has 0 aliphatic heterocycles. The zero-order chi connectivity index (χ0) is 14.2. The van der Waals surface area contributed by atoms with Crippen molar-refractivity contribution in [2.75, 3.05) is 12.8 Å². The van der Waals surface area contributed by atoms with E-state index in [1.54, 1.807) is 7.11 Å². The number of carboxylic acids is 1. The minimum Gasteiger partial charge on any atom is -0.496 e. The van der Waals surface area contributed by atoms with Gasteiger partial charge in [0.2, 0.25) is 0 Å². The highest BCUT2D eigenvalue weighted by Gasteiger charge is 2.19. The van der Waals surface area contributed by atoms with Gasteiger partial charge in [-0.25, -0.2) is 4.79 Å². The lowest BCUT2D eigenvalue weighted by Crippen LogP contribution is -1.97. The van der Waals surface area contributed by atoms with Crippen LogP contribution in [0.25, 0.3) is 10.4 Å². The number of rotatable bonds is 3. The maximum absolute atomic E-state index is 11.1. The van der Waals surface area contributed by atoms with Crippen molar-refractivity contribution in [2.45, 2.75) is 13.8 Å². The summed E-state index contributed by atoms with van der Waals surface area (Å²) in [5, 5.41) is 9.10. The van der Waals surface area contributed by atoms with Gasteiger partial charge in [0, 0.05) is 4.88 Å². The van der Waals surface area contributed by atoms with E-state index in [0.29, 0.717) is 5.69 Å². The molecule has 0 bridgehead atoms. The number of methoxy groups -OCH3 is 1. The molecule has 4 nitrogen and oxygen atoms in total. The maximum Gasteiger partial charge on any atom is 0.348 e. The van der Waals surface area contributed by atoms with Gasteiger partial charge in [-0.2, -0.15) is 0 Å². The lowest BCUT2D eigenvalue weighted by atomic mass is 10.1. The molecule has 100 valence electrons. The Balaban J connectivity index is 2.59. The number of nitrogen functional groups attached to an aromatic ring is 1. The smallest absolute Gasteiger partial charge is 0.348 e. The van der Waals surface area contributed by atoms with Crippen LogP contribution in [0, 0.1) is 13.8 Å². The molecule has 0 amide bonds. The third-order valence-corrected chi connectivity index (χ3v) is 4.40. The van der Waals surface area contributed by atoms with Gasteiger partial charge in [0.15, 0.2) is 0 Å². The average molecular weight is 277 g/mol. The number of anilines is 1. The van der Waals surface area contributed by atoms with E-state index in [-0.39, 0.29) is 4.88 Å². The van der Waals surface area contributed by atoms with E-state index in [0.717, 1.165) is 27.3 Å². The van der Waals surface area contributed by atoms with Crippen LogP contribution in [0.5, 0.6) is 5.75 Å². The van der Waals surface area contributed by atoms with Crippen LogP contribution in [0.3, 0.4) is 0 Å². The predicted octanol–water partition coefficient (Wildman–Crippen LogP) is 3.32. The van der Waals surface area contributed by atoms with Gasteiger partial charge < -0.3 is 15.6 Å². The van der Waals surface area contributed by atoms with Crippen molar-refractivity contribution >= 4 is 23.0 Å². The Morgan fingerprint density at radius 3 is 2.58 bits per heavy atom. The first-order valence-corrected chi connectivity index (χ1v) is 6.54.